The molecule has 2 heterocycles. The Balaban J connectivity index is 1.70. The highest BCUT2D eigenvalue weighted by Crippen LogP contribution is 2.45. The van der Waals surface area contributed by atoms with Gasteiger partial charge in [0.1, 0.15) is 0 Å². The van der Waals surface area contributed by atoms with Gasteiger partial charge in [-0.3, -0.25) is 9.59 Å². The number of ether oxygens (including phenoxy) is 1. The summed E-state index contributed by atoms with van der Waals surface area (Å²) in [5.74, 6) is 0.0163. The van der Waals surface area contributed by atoms with Crippen LogP contribution in [0.1, 0.15) is 30.4 Å². The second-order valence-electron chi connectivity index (χ2n) is 8.15. The number of amides is 2. The van der Waals surface area contributed by atoms with Crippen LogP contribution in [0.2, 0.25) is 0 Å². The fraction of sp³-hybridized carbons (Fsp3) is 0.417. The summed E-state index contributed by atoms with van der Waals surface area (Å²) in [5.41, 5.74) is 2.04. The number of likely N-dealkylation sites (N-methyl/N-ethyl adjacent to an activating group) is 1. The van der Waals surface area contributed by atoms with Crippen molar-refractivity contribution in [3.05, 3.63) is 65.7 Å². The van der Waals surface area contributed by atoms with Gasteiger partial charge in [0.25, 0.3) is 0 Å². The molecular formula is C24H28N2O3. The Kier molecular flexibility index (Phi) is 5.41. The number of hydrogen-bond acceptors (Lipinski definition) is 3. The fourth-order valence-electron chi connectivity index (χ4n) is 4.72. The van der Waals surface area contributed by atoms with Crippen molar-refractivity contribution in [1.29, 1.82) is 0 Å². The number of para-hydroxylation sites is 1. The first-order valence-electron chi connectivity index (χ1n) is 10.3. The van der Waals surface area contributed by atoms with Crippen molar-refractivity contribution in [3.63, 3.8) is 0 Å². The summed E-state index contributed by atoms with van der Waals surface area (Å²) in [5, 5.41) is 0. The van der Waals surface area contributed by atoms with Crippen LogP contribution in [0.3, 0.4) is 0 Å². The molecule has 0 N–H and O–H groups in total. The number of benzene rings is 2. The van der Waals surface area contributed by atoms with Crippen LogP contribution in [0.5, 0.6) is 0 Å². The summed E-state index contributed by atoms with van der Waals surface area (Å²) in [7, 11) is 3.67. The largest absolute Gasteiger partial charge is 0.381 e. The molecule has 0 spiro atoms. The number of anilines is 1. The lowest BCUT2D eigenvalue weighted by molar-refractivity contribution is -0.138. The monoisotopic (exact) mass is 392 g/mol. The summed E-state index contributed by atoms with van der Waals surface area (Å²) < 4.78 is 5.44. The van der Waals surface area contributed by atoms with Crippen molar-refractivity contribution < 1.29 is 14.3 Å². The third-order valence-corrected chi connectivity index (χ3v) is 6.43. The molecule has 1 fully saturated rings. The molecule has 2 aromatic carbocycles. The lowest BCUT2D eigenvalue weighted by atomic mass is 9.73. The summed E-state index contributed by atoms with van der Waals surface area (Å²) in [6.45, 7) is 1.36. The predicted molar refractivity (Wildman–Crippen MR) is 113 cm³/mol. The number of carbonyl (C=O) groups is 2. The molecule has 29 heavy (non-hydrogen) atoms. The van der Waals surface area contributed by atoms with Crippen LogP contribution in [0.25, 0.3) is 0 Å². The number of nitrogens with zero attached hydrogens (tertiary/aromatic N) is 2. The van der Waals surface area contributed by atoms with Crippen molar-refractivity contribution in [3.8, 4) is 0 Å². The molecule has 2 aromatic rings. The maximum absolute atomic E-state index is 13.6. The summed E-state index contributed by atoms with van der Waals surface area (Å²) in [6, 6.07) is 18.0. The van der Waals surface area contributed by atoms with Gasteiger partial charge in [-0.2, -0.15) is 0 Å². The van der Waals surface area contributed by atoms with Gasteiger partial charge >= 0.3 is 0 Å². The summed E-state index contributed by atoms with van der Waals surface area (Å²) >= 11 is 0. The van der Waals surface area contributed by atoms with Gasteiger partial charge in [0.2, 0.25) is 11.8 Å². The Morgan fingerprint density at radius 1 is 1.10 bits per heavy atom. The molecule has 4 rings (SSSR count). The minimum Gasteiger partial charge on any atom is -0.381 e. The lowest BCUT2D eigenvalue weighted by Gasteiger charge is -2.35. The Morgan fingerprint density at radius 2 is 1.76 bits per heavy atom. The Morgan fingerprint density at radius 3 is 2.48 bits per heavy atom. The summed E-state index contributed by atoms with van der Waals surface area (Å²) in [6.07, 6.45) is 2.38. The second kappa shape index (κ2) is 7.99. The minimum absolute atomic E-state index is 0.00344. The number of hydrogen-bond donors (Lipinski definition) is 0. The molecule has 5 heteroatoms. The van der Waals surface area contributed by atoms with E-state index in [0.717, 1.165) is 29.7 Å². The molecular weight excluding hydrogens is 364 g/mol. The van der Waals surface area contributed by atoms with Gasteiger partial charge in [0.15, 0.2) is 0 Å². The third kappa shape index (κ3) is 3.55. The van der Waals surface area contributed by atoms with E-state index in [0.29, 0.717) is 19.6 Å². The van der Waals surface area contributed by atoms with Crippen molar-refractivity contribution in [1.82, 2.24) is 4.90 Å². The first-order chi connectivity index (χ1) is 14.0. The zero-order chi connectivity index (χ0) is 20.4. The number of carbonyl (C=O) groups excluding carboxylic acids is 2. The highest BCUT2D eigenvalue weighted by Gasteiger charge is 2.51. The van der Waals surface area contributed by atoms with E-state index in [9.17, 15) is 9.59 Å². The van der Waals surface area contributed by atoms with E-state index in [1.165, 1.54) is 0 Å². The van der Waals surface area contributed by atoms with E-state index in [-0.39, 0.29) is 24.3 Å². The highest BCUT2D eigenvalue weighted by atomic mass is 16.5. The smallest absolute Gasteiger partial charge is 0.238 e. The molecule has 0 radical (unpaired) electrons. The van der Waals surface area contributed by atoms with Crippen LogP contribution in [-0.4, -0.2) is 50.1 Å². The van der Waals surface area contributed by atoms with Gasteiger partial charge in [-0.1, -0.05) is 48.5 Å². The minimum atomic E-state index is -0.872. The highest BCUT2D eigenvalue weighted by molar-refractivity contribution is 6.09. The molecule has 0 aromatic heterocycles. The zero-order valence-corrected chi connectivity index (χ0v) is 17.1. The van der Waals surface area contributed by atoms with E-state index >= 15 is 0 Å². The van der Waals surface area contributed by atoms with E-state index in [1.54, 1.807) is 11.9 Å². The molecule has 0 bridgehead atoms. The first kappa shape index (κ1) is 19.6. The van der Waals surface area contributed by atoms with E-state index in [2.05, 4.69) is 0 Å². The quantitative estimate of drug-likeness (QED) is 0.785. The van der Waals surface area contributed by atoms with E-state index < -0.39 is 5.41 Å². The fourth-order valence-corrected chi connectivity index (χ4v) is 4.72. The third-order valence-electron chi connectivity index (χ3n) is 6.43. The van der Waals surface area contributed by atoms with Crippen molar-refractivity contribution in [2.75, 3.05) is 32.2 Å². The SMILES string of the molecule is CN1C(=O)[C@@](CC(=O)N(C)C2CCOCC2)(Cc2ccccc2)c2ccccc21. The zero-order valence-electron chi connectivity index (χ0n) is 17.1. The predicted octanol–water partition coefficient (Wildman–Crippen LogP) is 3.17. The van der Waals surface area contributed by atoms with Crippen LogP contribution in [0, 0.1) is 0 Å². The Bertz CT molecular complexity index is 892. The Hall–Kier alpha value is -2.66. The normalized spacial score (nSPS) is 21.9. The van der Waals surface area contributed by atoms with E-state index in [1.807, 2.05) is 66.5 Å². The van der Waals surface area contributed by atoms with Crippen molar-refractivity contribution in [2.45, 2.75) is 37.1 Å². The maximum atomic E-state index is 13.6. The van der Waals surface area contributed by atoms with Crippen LogP contribution in [0.15, 0.2) is 54.6 Å². The van der Waals surface area contributed by atoms with Gasteiger partial charge in [0.05, 0.1) is 5.41 Å². The molecule has 152 valence electrons. The summed E-state index contributed by atoms with van der Waals surface area (Å²) in [4.78, 5) is 30.5. The maximum Gasteiger partial charge on any atom is 0.238 e. The van der Waals surface area contributed by atoms with Crippen molar-refractivity contribution >= 4 is 17.5 Å². The number of rotatable bonds is 5. The van der Waals surface area contributed by atoms with Gasteiger partial charge in [-0.25, -0.2) is 0 Å². The van der Waals surface area contributed by atoms with Crippen LogP contribution < -0.4 is 4.90 Å². The molecule has 5 nitrogen and oxygen atoms in total. The van der Waals surface area contributed by atoms with Gasteiger partial charge in [-0.15, -0.1) is 0 Å². The molecule has 2 amide bonds. The van der Waals surface area contributed by atoms with Gasteiger partial charge in [0, 0.05) is 45.5 Å². The molecule has 0 aliphatic carbocycles. The Labute approximate surface area is 172 Å². The van der Waals surface area contributed by atoms with Crippen LogP contribution >= 0.6 is 0 Å². The first-order valence-corrected chi connectivity index (χ1v) is 10.3. The molecule has 2 aliphatic rings. The average molecular weight is 392 g/mol. The standard InChI is InChI=1S/C24H28N2O3/c1-25(19-12-14-29-15-13-19)22(27)17-24(16-18-8-4-3-5-9-18)20-10-6-7-11-21(20)26(2)23(24)28/h3-11,19H,12-17H2,1-2H3/t24-/m1/s1. The lowest BCUT2D eigenvalue weighted by Crippen LogP contribution is -2.47. The molecule has 1 atom stereocenters. The van der Waals surface area contributed by atoms with Gasteiger partial charge < -0.3 is 14.5 Å². The van der Waals surface area contributed by atoms with Crippen LogP contribution in [0.4, 0.5) is 5.69 Å². The van der Waals surface area contributed by atoms with Crippen molar-refractivity contribution in [2.24, 2.45) is 0 Å². The molecule has 2 aliphatic heterocycles. The molecule has 1 saturated heterocycles. The second-order valence-corrected chi connectivity index (χ2v) is 8.15. The average Bonchev–Trinajstić information content (AvgIpc) is 2.97. The van der Waals surface area contributed by atoms with Crippen LogP contribution in [-0.2, 0) is 26.2 Å². The van der Waals surface area contributed by atoms with Gasteiger partial charge in [-0.05, 0) is 36.5 Å². The molecule has 0 saturated carbocycles. The number of fused-ring (bicyclic) bond motifs is 1. The van der Waals surface area contributed by atoms with E-state index in [4.69, 9.17) is 4.74 Å². The topological polar surface area (TPSA) is 49.9 Å². The molecule has 0 unspecified atom stereocenters.